The van der Waals surface area contributed by atoms with Crippen LogP contribution in [-0.4, -0.2) is 42.1 Å². The fourth-order valence-corrected chi connectivity index (χ4v) is 3.85. The van der Waals surface area contributed by atoms with Crippen molar-refractivity contribution in [2.75, 3.05) is 19.1 Å². The molecule has 0 saturated heterocycles. The standard InChI is InChI=1S/C20H23N3O5/c1-4-15-16(10-17(25)27-2)23-19(14(12-24)18(28-3)21-20(23)26)22(15)11-13-8-6-5-7-9-13/h5-9,12,15-16H,4,10-11H2,1-3H3. The summed E-state index contributed by atoms with van der Waals surface area (Å²) in [5.41, 5.74) is 0.663. The largest absolute Gasteiger partial charge is 0.480 e. The number of nitrogens with zero attached hydrogens (tertiary/aromatic N) is 3. The Balaban J connectivity index is 2.20. The molecule has 2 heterocycles. The summed E-state index contributed by atoms with van der Waals surface area (Å²) in [5, 5.41) is 0. The van der Waals surface area contributed by atoms with Crippen molar-refractivity contribution >= 4 is 18.1 Å². The topological polar surface area (TPSA) is 90.7 Å². The molecule has 0 fully saturated rings. The zero-order chi connectivity index (χ0) is 20.3. The minimum Gasteiger partial charge on any atom is -0.480 e. The lowest BCUT2D eigenvalue weighted by atomic mass is 10.0. The Bertz CT molecular complexity index is 925. The van der Waals surface area contributed by atoms with Crippen LogP contribution in [0.15, 0.2) is 35.1 Å². The molecule has 1 aromatic heterocycles. The molecule has 0 amide bonds. The number of rotatable bonds is 7. The number of fused-ring (bicyclic) bond motifs is 1. The third-order valence-electron chi connectivity index (χ3n) is 5.08. The van der Waals surface area contributed by atoms with Crippen LogP contribution in [-0.2, 0) is 16.1 Å². The number of aldehydes is 1. The number of hydrogen-bond acceptors (Lipinski definition) is 7. The lowest BCUT2D eigenvalue weighted by molar-refractivity contribution is -0.141. The highest BCUT2D eigenvalue weighted by Crippen LogP contribution is 2.41. The number of hydrogen-bond donors (Lipinski definition) is 0. The van der Waals surface area contributed by atoms with Crippen molar-refractivity contribution in [1.82, 2.24) is 9.55 Å². The van der Waals surface area contributed by atoms with Gasteiger partial charge in [-0.3, -0.25) is 14.2 Å². The van der Waals surface area contributed by atoms with Gasteiger partial charge < -0.3 is 14.4 Å². The number of benzene rings is 1. The Labute approximate surface area is 162 Å². The first-order chi connectivity index (χ1) is 13.5. The molecule has 2 unspecified atom stereocenters. The third-order valence-corrected chi connectivity index (χ3v) is 5.08. The molecule has 28 heavy (non-hydrogen) atoms. The molecule has 2 atom stereocenters. The quantitative estimate of drug-likeness (QED) is 0.531. The van der Waals surface area contributed by atoms with E-state index in [1.165, 1.54) is 18.8 Å². The number of carbonyl (C=O) groups is 2. The molecule has 148 valence electrons. The monoisotopic (exact) mass is 385 g/mol. The van der Waals surface area contributed by atoms with Gasteiger partial charge in [0.1, 0.15) is 11.4 Å². The molecule has 0 aliphatic carbocycles. The third kappa shape index (κ3) is 3.37. The van der Waals surface area contributed by atoms with Crippen molar-refractivity contribution in [3.05, 3.63) is 51.9 Å². The molecule has 0 bridgehead atoms. The van der Waals surface area contributed by atoms with Gasteiger partial charge in [0.25, 0.3) is 0 Å². The van der Waals surface area contributed by atoms with E-state index in [1.807, 2.05) is 42.2 Å². The van der Waals surface area contributed by atoms with Crippen molar-refractivity contribution in [3.8, 4) is 5.88 Å². The maximum atomic E-state index is 12.8. The molecule has 3 rings (SSSR count). The van der Waals surface area contributed by atoms with E-state index >= 15 is 0 Å². The molecule has 0 spiro atoms. The average Bonchev–Trinajstić information content (AvgIpc) is 3.01. The Kier molecular flexibility index (Phi) is 5.77. The van der Waals surface area contributed by atoms with Gasteiger partial charge in [-0.05, 0) is 12.0 Å². The van der Waals surface area contributed by atoms with E-state index < -0.39 is 17.7 Å². The average molecular weight is 385 g/mol. The van der Waals surface area contributed by atoms with Crippen LogP contribution < -0.4 is 15.3 Å². The van der Waals surface area contributed by atoms with Gasteiger partial charge in [0, 0.05) is 6.54 Å². The van der Waals surface area contributed by atoms with Gasteiger partial charge in [0.05, 0.1) is 32.7 Å². The molecule has 8 nitrogen and oxygen atoms in total. The van der Waals surface area contributed by atoms with Crippen molar-refractivity contribution in [2.24, 2.45) is 0 Å². The molecule has 0 radical (unpaired) electrons. The number of anilines is 1. The molecule has 1 aromatic carbocycles. The smallest absolute Gasteiger partial charge is 0.352 e. The molecule has 1 aliphatic rings. The van der Waals surface area contributed by atoms with Crippen molar-refractivity contribution in [3.63, 3.8) is 0 Å². The Morgan fingerprint density at radius 3 is 2.50 bits per heavy atom. The maximum absolute atomic E-state index is 12.8. The van der Waals surface area contributed by atoms with Gasteiger partial charge in [-0.15, -0.1) is 0 Å². The predicted octanol–water partition coefficient (Wildman–Crippen LogP) is 1.97. The fraction of sp³-hybridized carbons (Fsp3) is 0.400. The summed E-state index contributed by atoms with van der Waals surface area (Å²) >= 11 is 0. The maximum Gasteiger partial charge on any atom is 0.352 e. The highest BCUT2D eigenvalue weighted by molar-refractivity contribution is 5.87. The first-order valence-electron chi connectivity index (χ1n) is 9.08. The van der Waals surface area contributed by atoms with Crippen LogP contribution in [0.25, 0.3) is 0 Å². The predicted molar refractivity (Wildman–Crippen MR) is 103 cm³/mol. The van der Waals surface area contributed by atoms with Crippen LogP contribution in [0.3, 0.4) is 0 Å². The van der Waals surface area contributed by atoms with E-state index in [9.17, 15) is 14.4 Å². The lowest BCUT2D eigenvalue weighted by Gasteiger charge is -2.28. The number of carbonyl (C=O) groups excluding carboxylic acids is 2. The first-order valence-corrected chi connectivity index (χ1v) is 9.08. The molecule has 8 heteroatoms. The van der Waals surface area contributed by atoms with Crippen LogP contribution in [0.5, 0.6) is 5.88 Å². The summed E-state index contributed by atoms with van der Waals surface area (Å²) in [4.78, 5) is 42.6. The molecule has 2 aromatic rings. The summed E-state index contributed by atoms with van der Waals surface area (Å²) in [6, 6.07) is 9.06. The van der Waals surface area contributed by atoms with E-state index in [4.69, 9.17) is 9.47 Å². The van der Waals surface area contributed by atoms with E-state index in [2.05, 4.69) is 4.98 Å². The minimum absolute atomic E-state index is 0.0134. The number of aromatic nitrogens is 2. The van der Waals surface area contributed by atoms with Gasteiger partial charge >= 0.3 is 11.7 Å². The van der Waals surface area contributed by atoms with Crippen LogP contribution >= 0.6 is 0 Å². The highest BCUT2D eigenvalue weighted by atomic mass is 16.5. The second kappa shape index (κ2) is 8.24. The van der Waals surface area contributed by atoms with Crippen LogP contribution in [0.4, 0.5) is 5.82 Å². The molecular formula is C20H23N3O5. The molecule has 0 N–H and O–H groups in total. The van der Waals surface area contributed by atoms with Gasteiger partial charge in [-0.1, -0.05) is 37.3 Å². The fourth-order valence-electron chi connectivity index (χ4n) is 3.85. The van der Waals surface area contributed by atoms with E-state index in [0.717, 1.165) is 5.56 Å². The molecule has 1 aliphatic heterocycles. The van der Waals surface area contributed by atoms with Gasteiger partial charge in [-0.25, -0.2) is 4.79 Å². The summed E-state index contributed by atoms with van der Waals surface area (Å²) in [6.45, 7) is 2.46. The van der Waals surface area contributed by atoms with Crippen LogP contribution in [0.2, 0.25) is 0 Å². The Morgan fingerprint density at radius 1 is 1.21 bits per heavy atom. The van der Waals surface area contributed by atoms with Gasteiger partial charge in [0.15, 0.2) is 6.29 Å². The number of esters is 1. The zero-order valence-electron chi connectivity index (χ0n) is 16.1. The first kappa shape index (κ1) is 19.6. The van der Waals surface area contributed by atoms with E-state index in [0.29, 0.717) is 25.1 Å². The van der Waals surface area contributed by atoms with Gasteiger partial charge in [-0.2, -0.15) is 4.98 Å². The normalized spacial score (nSPS) is 17.9. The van der Waals surface area contributed by atoms with E-state index in [1.54, 1.807) is 0 Å². The van der Waals surface area contributed by atoms with E-state index in [-0.39, 0.29) is 23.9 Å². The molecule has 0 saturated carbocycles. The summed E-state index contributed by atoms with van der Waals surface area (Å²) in [6.07, 6.45) is 1.32. The summed E-state index contributed by atoms with van der Waals surface area (Å²) in [5.74, 6) is -0.0133. The second-order valence-corrected chi connectivity index (χ2v) is 6.57. The van der Waals surface area contributed by atoms with Crippen LogP contribution in [0, 0.1) is 0 Å². The Morgan fingerprint density at radius 2 is 1.93 bits per heavy atom. The Hall–Kier alpha value is -3.16. The number of methoxy groups -OCH3 is 2. The second-order valence-electron chi connectivity index (χ2n) is 6.57. The zero-order valence-corrected chi connectivity index (χ0v) is 16.1. The van der Waals surface area contributed by atoms with Crippen LogP contribution in [0.1, 0.15) is 41.7 Å². The lowest BCUT2D eigenvalue weighted by Crippen LogP contribution is -2.35. The van der Waals surface area contributed by atoms with Crippen molar-refractivity contribution < 1.29 is 19.1 Å². The van der Waals surface area contributed by atoms with Crippen molar-refractivity contribution in [1.29, 1.82) is 0 Å². The van der Waals surface area contributed by atoms with Gasteiger partial charge in [0.2, 0.25) is 5.88 Å². The molecular weight excluding hydrogens is 362 g/mol. The SMILES string of the molecule is CCC1C(CC(=O)OC)n2c(c(C=O)c(OC)nc2=O)N1Cc1ccccc1. The highest BCUT2D eigenvalue weighted by Gasteiger charge is 2.42. The number of ether oxygens (including phenoxy) is 2. The summed E-state index contributed by atoms with van der Waals surface area (Å²) < 4.78 is 11.4. The summed E-state index contributed by atoms with van der Waals surface area (Å²) in [7, 11) is 2.68. The minimum atomic E-state index is -0.555. The van der Waals surface area contributed by atoms with Crippen molar-refractivity contribution in [2.45, 2.75) is 38.4 Å².